The minimum Gasteiger partial charge on any atom is -0.384 e. The van der Waals surface area contributed by atoms with Crippen LogP contribution in [0.25, 0.3) is 22.2 Å². The van der Waals surface area contributed by atoms with Crippen molar-refractivity contribution in [2.24, 2.45) is 0 Å². The number of rotatable bonds is 5. The van der Waals surface area contributed by atoms with Crippen LogP contribution in [0.2, 0.25) is 5.02 Å². The van der Waals surface area contributed by atoms with Crippen LogP contribution in [0.4, 0.5) is 19.1 Å². The monoisotopic (exact) mass is 505 g/mol. The lowest BCUT2D eigenvalue weighted by Gasteiger charge is -2.28. The van der Waals surface area contributed by atoms with Crippen LogP contribution in [-0.4, -0.2) is 31.6 Å². The average molecular weight is 506 g/mol. The fourth-order valence-corrected chi connectivity index (χ4v) is 4.98. The predicted molar refractivity (Wildman–Crippen MR) is 129 cm³/mol. The number of aliphatic hydroxyl groups is 1. The van der Waals surface area contributed by atoms with Crippen LogP contribution in [0.3, 0.4) is 0 Å². The van der Waals surface area contributed by atoms with Crippen LogP contribution < -0.4 is 5.32 Å². The maximum absolute atomic E-state index is 15.5. The number of nitrogens with zero attached hydrogens (tertiary/aromatic N) is 4. The number of nitriles is 1. The number of benzene rings is 1. The maximum Gasteiger partial charge on any atom is 0.248 e. The SMILES string of the molecule is CC(C)n1c(C(C)(C)O)c(C#N)c2c(F)cc(-c3nc(NC4CCC(F)(F)CC4)ncc3Cl)cc21. The topological polar surface area (TPSA) is 86.8 Å². The Balaban J connectivity index is 1.82. The summed E-state index contributed by atoms with van der Waals surface area (Å²) in [5.41, 5.74) is 0.0865. The van der Waals surface area contributed by atoms with Crippen molar-refractivity contribution >= 4 is 28.5 Å². The second-order valence-corrected chi connectivity index (χ2v) is 10.3. The highest BCUT2D eigenvalue weighted by Crippen LogP contribution is 2.40. The van der Waals surface area contributed by atoms with Gasteiger partial charge in [0.15, 0.2) is 0 Å². The van der Waals surface area contributed by atoms with Crippen LogP contribution in [0.15, 0.2) is 18.3 Å². The van der Waals surface area contributed by atoms with Gasteiger partial charge in [0.1, 0.15) is 17.5 Å². The smallest absolute Gasteiger partial charge is 0.248 e. The van der Waals surface area contributed by atoms with Gasteiger partial charge in [-0.2, -0.15) is 5.26 Å². The molecule has 1 aliphatic carbocycles. The van der Waals surface area contributed by atoms with Crippen LogP contribution in [0, 0.1) is 17.1 Å². The summed E-state index contributed by atoms with van der Waals surface area (Å²) in [4.78, 5) is 8.63. The van der Waals surface area contributed by atoms with Crippen molar-refractivity contribution < 1.29 is 18.3 Å². The largest absolute Gasteiger partial charge is 0.384 e. The Morgan fingerprint density at radius 2 is 1.94 bits per heavy atom. The Morgan fingerprint density at radius 1 is 1.29 bits per heavy atom. The zero-order valence-corrected chi connectivity index (χ0v) is 20.7. The van der Waals surface area contributed by atoms with E-state index in [-0.39, 0.29) is 65.4 Å². The number of hydrogen-bond donors (Lipinski definition) is 2. The van der Waals surface area contributed by atoms with E-state index >= 15 is 4.39 Å². The molecule has 10 heteroatoms. The summed E-state index contributed by atoms with van der Waals surface area (Å²) < 4.78 is 44.2. The standard InChI is InChI=1S/C25H27ClF3N5O/c1-13(2)34-19-10-14(9-18(27)20(19)16(11-30)22(34)24(3,4)35)21-17(26)12-31-23(33-21)32-15-5-7-25(28,29)8-6-15/h9-10,12-13,15,35H,5-8H2,1-4H3,(H,31,32,33). The van der Waals surface area contributed by atoms with Crippen molar-refractivity contribution in [2.75, 3.05) is 5.32 Å². The molecule has 0 amide bonds. The third kappa shape index (κ3) is 4.82. The summed E-state index contributed by atoms with van der Waals surface area (Å²) in [6.07, 6.45) is 1.55. The molecule has 0 bridgehead atoms. The van der Waals surface area contributed by atoms with Crippen LogP contribution in [-0.2, 0) is 5.60 Å². The molecule has 186 valence electrons. The zero-order chi connectivity index (χ0) is 25.7. The first-order valence-corrected chi connectivity index (χ1v) is 11.9. The Kier molecular flexibility index (Phi) is 6.49. The van der Waals surface area contributed by atoms with Gasteiger partial charge in [-0.25, -0.2) is 23.1 Å². The van der Waals surface area contributed by atoms with Crippen LogP contribution >= 0.6 is 11.6 Å². The molecule has 0 radical (unpaired) electrons. The number of anilines is 1. The molecule has 0 atom stereocenters. The quantitative estimate of drug-likeness (QED) is 0.410. The fourth-order valence-electron chi connectivity index (χ4n) is 4.78. The first-order chi connectivity index (χ1) is 16.3. The molecule has 4 rings (SSSR count). The summed E-state index contributed by atoms with van der Waals surface area (Å²) in [5, 5.41) is 24.0. The van der Waals surface area contributed by atoms with Gasteiger partial charge in [0, 0.05) is 30.5 Å². The minimum absolute atomic E-state index is 0.0792. The highest BCUT2D eigenvalue weighted by atomic mass is 35.5. The van der Waals surface area contributed by atoms with Crippen molar-refractivity contribution in [3.8, 4) is 17.3 Å². The van der Waals surface area contributed by atoms with Gasteiger partial charge in [0.25, 0.3) is 0 Å². The fraction of sp³-hybridized carbons (Fsp3) is 0.480. The van der Waals surface area contributed by atoms with Gasteiger partial charge in [0.05, 0.1) is 39.1 Å². The van der Waals surface area contributed by atoms with Gasteiger partial charge in [0.2, 0.25) is 11.9 Å². The molecule has 2 heterocycles. The molecule has 1 fully saturated rings. The molecule has 1 aromatic carbocycles. The summed E-state index contributed by atoms with van der Waals surface area (Å²) in [7, 11) is 0. The van der Waals surface area contributed by atoms with Crippen molar-refractivity contribution in [2.45, 2.75) is 77.0 Å². The van der Waals surface area contributed by atoms with E-state index in [9.17, 15) is 19.1 Å². The van der Waals surface area contributed by atoms with E-state index in [1.54, 1.807) is 24.5 Å². The second kappa shape index (κ2) is 8.99. The highest BCUT2D eigenvalue weighted by molar-refractivity contribution is 6.33. The third-order valence-corrected chi connectivity index (χ3v) is 6.61. The van der Waals surface area contributed by atoms with E-state index in [2.05, 4.69) is 21.4 Å². The molecule has 0 spiro atoms. The molecule has 2 aromatic heterocycles. The molecule has 0 aliphatic heterocycles. The Labute approximate surface area is 206 Å². The maximum atomic E-state index is 15.5. The molecule has 0 unspecified atom stereocenters. The van der Waals surface area contributed by atoms with E-state index in [1.807, 2.05) is 13.8 Å². The average Bonchev–Trinajstić information content (AvgIpc) is 3.12. The number of hydrogen-bond acceptors (Lipinski definition) is 5. The molecular formula is C25H27ClF3N5O. The number of nitrogens with one attached hydrogen (secondary N) is 1. The molecule has 1 saturated carbocycles. The van der Waals surface area contributed by atoms with Crippen LogP contribution in [0.1, 0.15) is 70.7 Å². The highest BCUT2D eigenvalue weighted by Gasteiger charge is 2.35. The molecular weight excluding hydrogens is 479 g/mol. The van der Waals surface area contributed by atoms with E-state index < -0.39 is 17.3 Å². The lowest BCUT2D eigenvalue weighted by Crippen LogP contribution is -2.32. The summed E-state index contributed by atoms with van der Waals surface area (Å²) in [6.45, 7) is 6.88. The third-order valence-electron chi connectivity index (χ3n) is 6.33. The molecule has 3 aromatic rings. The number of alkyl halides is 2. The Bertz CT molecular complexity index is 1310. The normalized spacial score (nSPS) is 16.6. The van der Waals surface area contributed by atoms with E-state index in [0.717, 1.165) is 0 Å². The van der Waals surface area contributed by atoms with Gasteiger partial charge >= 0.3 is 0 Å². The lowest BCUT2D eigenvalue weighted by atomic mass is 9.92. The summed E-state index contributed by atoms with van der Waals surface area (Å²) >= 11 is 6.38. The molecule has 2 N–H and O–H groups in total. The number of halogens is 4. The molecule has 0 saturated heterocycles. The first-order valence-electron chi connectivity index (χ1n) is 11.5. The Morgan fingerprint density at radius 3 is 2.51 bits per heavy atom. The zero-order valence-electron chi connectivity index (χ0n) is 20.0. The van der Waals surface area contributed by atoms with Crippen LogP contribution in [0.5, 0.6) is 0 Å². The van der Waals surface area contributed by atoms with Gasteiger partial charge in [-0.15, -0.1) is 0 Å². The van der Waals surface area contributed by atoms with Gasteiger partial charge in [-0.05, 0) is 52.7 Å². The predicted octanol–water partition coefficient (Wildman–Crippen LogP) is 6.56. The van der Waals surface area contributed by atoms with Crippen molar-refractivity contribution in [1.29, 1.82) is 5.26 Å². The van der Waals surface area contributed by atoms with E-state index in [1.165, 1.54) is 12.3 Å². The van der Waals surface area contributed by atoms with E-state index in [0.29, 0.717) is 16.8 Å². The molecule has 1 aliphatic rings. The van der Waals surface area contributed by atoms with Gasteiger partial charge in [-0.1, -0.05) is 11.6 Å². The first kappa shape index (κ1) is 25.3. The number of aromatic nitrogens is 3. The Hall–Kier alpha value is -2.83. The van der Waals surface area contributed by atoms with Crippen molar-refractivity contribution in [1.82, 2.24) is 14.5 Å². The minimum atomic E-state index is -2.65. The number of fused-ring (bicyclic) bond motifs is 1. The summed E-state index contributed by atoms with van der Waals surface area (Å²) in [5.74, 6) is -3.07. The van der Waals surface area contributed by atoms with Crippen molar-refractivity contribution in [3.05, 3.63) is 40.4 Å². The molecule has 35 heavy (non-hydrogen) atoms. The lowest BCUT2D eigenvalue weighted by molar-refractivity contribution is -0.0361. The van der Waals surface area contributed by atoms with Crippen molar-refractivity contribution in [3.63, 3.8) is 0 Å². The van der Waals surface area contributed by atoms with Gasteiger partial charge in [-0.3, -0.25) is 0 Å². The van der Waals surface area contributed by atoms with E-state index in [4.69, 9.17) is 11.6 Å². The summed E-state index contributed by atoms with van der Waals surface area (Å²) in [6, 6.07) is 4.61. The van der Waals surface area contributed by atoms with Gasteiger partial charge < -0.3 is 15.0 Å². The second-order valence-electron chi connectivity index (χ2n) is 9.88. The molecule has 6 nitrogen and oxygen atoms in total.